The molecule has 0 bridgehead atoms. The summed E-state index contributed by atoms with van der Waals surface area (Å²) in [7, 11) is 1.60. The summed E-state index contributed by atoms with van der Waals surface area (Å²) in [6, 6.07) is 7.17. The van der Waals surface area contributed by atoms with Gasteiger partial charge in [-0.2, -0.15) is 0 Å². The molecule has 0 saturated carbocycles. The Morgan fingerprint density at radius 2 is 2.00 bits per heavy atom. The summed E-state index contributed by atoms with van der Waals surface area (Å²) in [5.74, 6) is 0.486. The van der Waals surface area contributed by atoms with Crippen molar-refractivity contribution in [2.24, 2.45) is 0 Å². The van der Waals surface area contributed by atoms with Crippen molar-refractivity contribution in [1.82, 2.24) is 0 Å². The highest BCUT2D eigenvalue weighted by molar-refractivity contribution is 5.52. The van der Waals surface area contributed by atoms with E-state index in [0.29, 0.717) is 6.61 Å². The molecule has 82 valence electrons. The number of halogens is 1. The summed E-state index contributed by atoms with van der Waals surface area (Å²) in [4.78, 5) is 0. The minimum Gasteiger partial charge on any atom is -0.497 e. The fraction of sp³-hybridized carbons (Fsp3) is 0.333. The highest BCUT2D eigenvalue weighted by atomic mass is 19.1. The number of rotatable bonds is 5. The van der Waals surface area contributed by atoms with E-state index in [1.165, 1.54) is 6.08 Å². The largest absolute Gasteiger partial charge is 0.497 e. The van der Waals surface area contributed by atoms with Crippen molar-refractivity contribution in [3.63, 3.8) is 0 Å². The Kier molecular flexibility index (Phi) is 4.84. The van der Waals surface area contributed by atoms with Crippen LogP contribution < -0.4 is 4.74 Å². The number of ether oxygens (including phenoxy) is 2. The average Bonchev–Trinajstić information content (AvgIpc) is 2.27. The van der Waals surface area contributed by atoms with Crippen molar-refractivity contribution in [1.29, 1.82) is 0 Å². The minimum atomic E-state index is -0.276. The van der Waals surface area contributed by atoms with E-state index in [-0.39, 0.29) is 12.4 Å². The maximum absolute atomic E-state index is 13.2. The van der Waals surface area contributed by atoms with Gasteiger partial charge >= 0.3 is 0 Å². The van der Waals surface area contributed by atoms with E-state index >= 15 is 0 Å². The summed E-state index contributed by atoms with van der Waals surface area (Å²) >= 11 is 0. The molecule has 0 N–H and O–H groups in total. The Bertz CT molecular complexity index is 317. The SMILES string of the molecule is CCOC/C(F)=C\c1ccc(OC)cc1. The van der Waals surface area contributed by atoms with Crippen LogP contribution in [0.4, 0.5) is 4.39 Å². The van der Waals surface area contributed by atoms with Crippen molar-refractivity contribution in [2.75, 3.05) is 20.3 Å². The lowest BCUT2D eigenvalue weighted by atomic mass is 10.2. The highest BCUT2D eigenvalue weighted by Crippen LogP contribution is 2.14. The first-order valence-electron chi connectivity index (χ1n) is 4.84. The second kappa shape index (κ2) is 6.19. The molecule has 0 heterocycles. The molecule has 0 aliphatic heterocycles. The molecule has 0 aliphatic rings. The van der Waals surface area contributed by atoms with Gasteiger partial charge in [0, 0.05) is 6.61 Å². The van der Waals surface area contributed by atoms with Gasteiger partial charge in [-0.1, -0.05) is 12.1 Å². The lowest BCUT2D eigenvalue weighted by Gasteiger charge is -2.00. The molecule has 0 unspecified atom stereocenters. The third kappa shape index (κ3) is 4.13. The van der Waals surface area contributed by atoms with Crippen LogP contribution in [-0.4, -0.2) is 20.3 Å². The van der Waals surface area contributed by atoms with Crippen molar-refractivity contribution >= 4 is 6.08 Å². The van der Waals surface area contributed by atoms with E-state index in [2.05, 4.69) is 0 Å². The quantitative estimate of drug-likeness (QED) is 0.743. The Morgan fingerprint density at radius 1 is 1.33 bits per heavy atom. The van der Waals surface area contributed by atoms with Crippen LogP contribution in [0.2, 0.25) is 0 Å². The fourth-order valence-corrected chi connectivity index (χ4v) is 1.12. The van der Waals surface area contributed by atoms with E-state index in [9.17, 15) is 4.39 Å². The lowest BCUT2D eigenvalue weighted by molar-refractivity contribution is 0.157. The van der Waals surface area contributed by atoms with Crippen LogP contribution in [0, 0.1) is 0 Å². The first-order valence-corrected chi connectivity index (χ1v) is 4.84. The van der Waals surface area contributed by atoms with Gasteiger partial charge in [-0.25, -0.2) is 4.39 Å². The summed E-state index contributed by atoms with van der Waals surface area (Å²) in [5, 5.41) is 0. The Labute approximate surface area is 89.3 Å². The maximum atomic E-state index is 13.2. The molecule has 1 aromatic carbocycles. The first-order chi connectivity index (χ1) is 7.26. The Morgan fingerprint density at radius 3 is 2.53 bits per heavy atom. The molecule has 0 radical (unpaired) electrons. The molecule has 1 rings (SSSR count). The van der Waals surface area contributed by atoms with E-state index in [1.807, 2.05) is 6.92 Å². The van der Waals surface area contributed by atoms with Crippen molar-refractivity contribution < 1.29 is 13.9 Å². The third-order valence-corrected chi connectivity index (χ3v) is 1.88. The Hall–Kier alpha value is -1.35. The van der Waals surface area contributed by atoms with Crippen LogP contribution in [0.3, 0.4) is 0 Å². The van der Waals surface area contributed by atoms with Gasteiger partial charge in [0.05, 0.1) is 13.7 Å². The van der Waals surface area contributed by atoms with Gasteiger partial charge in [0.15, 0.2) is 0 Å². The van der Waals surface area contributed by atoms with Gasteiger partial charge in [-0.15, -0.1) is 0 Å². The number of hydrogen-bond acceptors (Lipinski definition) is 2. The minimum absolute atomic E-state index is 0.0303. The van der Waals surface area contributed by atoms with Crippen molar-refractivity contribution in [3.8, 4) is 5.75 Å². The molecule has 3 heteroatoms. The van der Waals surface area contributed by atoms with Crippen LogP contribution in [0.15, 0.2) is 30.1 Å². The predicted molar refractivity (Wildman–Crippen MR) is 58.6 cm³/mol. The van der Waals surface area contributed by atoms with Gasteiger partial charge in [0.1, 0.15) is 11.6 Å². The third-order valence-electron chi connectivity index (χ3n) is 1.88. The van der Waals surface area contributed by atoms with Gasteiger partial charge in [0.25, 0.3) is 0 Å². The second-order valence-corrected chi connectivity index (χ2v) is 3.00. The molecular weight excluding hydrogens is 195 g/mol. The fourth-order valence-electron chi connectivity index (χ4n) is 1.12. The number of methoxy groups -OCH3 is 1. The van der Waals surface area contributed by atoms with Crippen molar-refractivity contribution in [3.05, 3.63) is 35.7 Å². The predicted octanol–water partition coefficient (Wildman–Crippen LogP) is 3.04. The molecule has 15 heavy (non-hydrogen) atoms. The maximum Gasteiger partial charge on any atom is 0.126 e. The molecule has 1 aromatic rings. The first kappa shape index (κ1) is 11.7. The molecule has 0 aliphatic carbocycles. The van der Waals surface area contributed by atoms with Gasteiger partial charge < -0.3 is 9.47 Å². The zero-order chi connectivity index (χ0) is 11.1. The van der Waals surface area contributed by atoms with E-state index < -0.39 is 0 Å². The van der Waals surface area contributed by atoms with Gasteiger partial charge in [0.2, 0.25) is 0 Å². The average molecular weight is 210 g/mol. The molecule has 2 nitrogen and oxygen atoms in total. The molecule has 0 saturated heterocycles. The number of hydrogen-bond donors (Lipinski definition) is 0. The number of benzene rings is 1. The molecule has 0 fully saturated rings. The molecule has 0 aromatic heterocycles. The van der Waals surface area contributed by atoms with Crippen LogP contribution in [0.25, 0.3) is 6.08 Å². The van der Waals surface area contributed by atoms with Crippen LogP contribution in [0.1, 0.15) is 12.5 Å². The summed E-state index contributed by atoms with van der Waals surface area (Å²) in [6.07, 6.45) is 1.45. The second-order valence-electron chi connectivity index (χ2n) is 3.00. The van der Waals surface area contributed by atoms with Gasteiger partial charge in [-0.05, 0) is 30.7 Å². The van der Waals surface area contributed by atoms with Crippen molar-refractivity contribution in [2.45, 2.75) is 6.92 Å². The van der Waals surface area contributed by atoms with E-state index in [1.54, 1.807) is 31.4 Å². The smallest absolute Gasteiger partial charge is 0.126 e. The highest BCUT2D eigenvalue weighted by Gasteiger charge is 1.96. The monoisotopic (exact) mass is 210 g/mol. The standard InChI is InChI=1S/C12H15FO2/c1-3-15-9-11(13)8-10-4-6-12(14-2)7-5-10/h4-8H,3,9H2,1-2H3/b11-8+. The lowest BCUT2D eigenvalue weighted by Crippen LogP contribution is -1.93. The molecule has 0 spiro atoms. The zero-order valence-electron chi connectivity index (χ0n) is 9.00. The molecule has 0 amide bonds. The summed E-state index contributed by atoms with van der Waals surface area (Å²) in [5.41, 5.74) is 0.799. The van der Waals surface area contributed by atoms with E-state index in [4.69, 9.17) is 9.47 Å². The topological polar surface area (TPSA) is 18.5 Å². The van der Waals surface area contributed by atoms with Crippen LogP contribution in [0.5, 0.6) is 5.75 Å². The normalized spacial score (nSPS) is 11.5. The van der Waals surface area contributed by atoms with E-state index in [0.717, 1.165) is 11.3 Å². The van der Waals surface area contributed by atoms with Crippen LogP contribution in [-0.2, 0) is 4.74 Å². The molecular formula is C12H15FO2. The summed E-state index contributed by atoms with van der Waals surface area (Å²) < 4.78 is 23.1. The summed E-state index contributed by atoms with van der Waals surface area (Å²) in [6.45, 7) is 2.38. The zero-order valence-corrected chi connectivity index (χ0v) is 9.00. The van der Waals surface area contributed by atoms with Crippen LogP contribution >= 0.6 is 0 Å². The van der Waals surface area contributed by atoms with Gasteiger partial charge in [-0.3, -0.25) is 0 Å². The molecule has 0 atom stereocenters. The Balaban J connectivity index is 2.62.